The van der Waals surface area contributed by atoms with E-state index in [9.17, 15) is 8.78 Å². The Bertz CT molecular complexity index is 1400. The van der Waals surface area contributed by atoms with E-state index >= 15 is 4.39 Å². The summed E-state index contributed by atoms with van der Waals surface area (Å²) in [6.07, 6.45) is 18.2. The van der Waals surface area contributed by atoms with Crippen molar-refractivity contribution in [2.45, 2.75) is 78.1 Å². The summed E-state index contributed by atoms with van der Waals surface area (Å²) in [6.45, 7) is 4.55. The number of unbranched alkanes of at least 4 members (excludes halogenated alkanes) is 2. The molecule has 0 radical (unpaired) electrons. The summed E-state index contributed by atoms with van der Waals surface area (Å²) in [5.41, 5.74) is 4.08. The predicted molar refractivity (Wildman–Crippen MR) is 168 cm³/mol. The molecule has 1 atom stereocenters. The third-order valence-electron chi connectivity index (χ3n) is 9.30. The number of allylic oxidation sites excluding steroid dienone is 4. The van der Waals surface area contributed by atoms with Gasteiger partial charge in [0, 0.05) is 11.1 Å². The molecule has 0 heterocycles. The van der Waals surface area contributed by atoms with Gasteiger partial charge in [-0.15, -0.1) is 0 Å². The summed E-state index contributed by atoms with van der Waals surface area (Å²) < 4.78 is 50.3. The van der Waals surface area contributed by atoms with Crippen LogP contribution in [0.1, 0.15) is 83.6 Å². The van der Waals surface area contributed by atoms with Crippen molar-refractivity contribution >= 4 is 5.57 Å². The second-order valence-corrected chi connectivity index (χ2v) is 12.0. The summed E-state index contributed by atoms with van der Waals surface area (Å²) in [6, 6.07) is 15.4. The van der Waals surface area contributed by atoms with Crippen LogP contribution in [0.2, 0.25) is 0 Å². The van der Waals surface area contributed by atoms with E-state index in [-0.39, 0.29) is 17.1 Å². The van der Waals surface area contributed by atoms with Crippen LogP contribution in [0.5, 0.6) is 5.75 Å². The lowest BCUT2D eigenvalue weighted by atomic mass is 9.71. The summed E-state index contributed by atoms with van der Waals surface area (Å²) in [5.74, 6) is 0.0723. The molecule has 0 N–H and O–H groups in total. The number of rotatable bonds is 10. The fourth-order valence-corrected chi connectivity index (χ4v) is 6.80. The Labute approximate surface area is 249 Å². The van der Waals surface area contributed by atoms with E-state index in [4.69, 9.17) is 4.74 Å². The van der Waals surface area contributed by atoms with E-state index in [1.54, 1.807) is 30.3 Å². The van der Waals surface area contributed by atoms with E-state index in [0.29, 0.717) is 23.3 Å². The van der Waals surface area contributed by atoms with Gasteiger partial charge in [-0.25, -0.2) is 8.78 Å². The summed E-state index contributed by atoms with van der Waals surface area (Å²) >= 11 is 0. The van der Waals surface area contributed by atoms with Crippen LogP contribution < -0.4 is 4.74 Å². The maximum atomic E-state index is 15.3. The van der Waals surface area contributed by atoms with Crippen LogP contribution in [-0.4, -0.2) is 6.61 Å². The van der Waals surface area contributed by atoms with Gasteiger partial charge in [-0.05, 0) is 117 Å². The van der Waals surface area contributed by atoms with Crippen molar-refractivity contribution < 1.29 is 17.9 Å². The molecule has 4 heteroatoms. The smallest absolute Gasteiger partial charge is 0.201 e. The molecule has 3 aromatic carbocycles. The topological polar surface area (TPSA) is 9.23 Å². The van der Waals surface area contributed by atoms with E-state index in [2.05, 4.69) is 32.1 Å². The Balaban J connectivity index is 1.23. The molecular formula is C38H43F3O. The lowest BCUT2D eigenvalue weighted by Crippen LogP contribution is -2.22. The second-order valence-electron chi connectivity index (χ2n) is 12.0. The first-order chi connectivity index (χ1) is 20.5. The van der Waals surface area contributed by atoms with Gasteiger partial charge in [-0.3, -0.25) is 0 Å². The minimum atomic E-state index is -0.977. The Morgan fingerprint density at radius 1 is 0.762 bits per heavy atom. The SMILES string of the molecule is C/C=C/C1CCC(C2CC=C(c3ccc(-c4ccc(-c5ccc(OCCCCC)c(F)c5F)cc4)c(F)c3)CC2)CC1. The largest absolute Gasteiger partial charge is 0.490 e. The molecule has 0 aromatic heterocycles. The molecule has 0 aliphatic heterocycles. The van der Waals surface area contributed by atoms with Crippen LogP contribution in [0.3, 0.4) is 0 Å². The van der Waals surface area contributed by atoms with E-state index in [1.807, 2.05) is 12.1 Å². The molecule has 2 aliphatic carbocycles. The van der Waals surface area contributed by atoms with Crippen LogP contribution in [0.25, 0.3) is 27.8 Å². The number of benzene rings is 3. The standard InChI is InChI=1S/C38H43F3O/c1-3-5-6-24-42-36-23-22-34(37(40)38(36)41)31-18-16-30(17-19-31)33-21-20-32(25-35(33)39)29-14-12-28(13-15-29)27-10-8-26(7-4-2)9-11-27/h4,7,14,16-23,25-28H,3,5-6,8-13,15,24H2,1-2H3/b7-4+. The van der Waals surface area contributed by atoms with Crippen molar-refractivity contribution in [3.8, 4) is 28.0 Å². The number of ether oxygens (including phenoxy) is 1. The molecule has 2 aliphatic rings. The molecule has 0 saturated heterocycles. The molecule has 222 valence electrons. The highest BCUT2D eigenvalue weighted by atomic mass is 19.2. The van der Waals surface area contributed by atoms with Gasteiger partial charge < -0.3 is 4.74 Å². The summed E-state index contributed by atoms with van der Waals surface area (Å²) in [4.78, 5) is 0. The lowest BCUT2D eigenvalue weighted by molar-refractivity contribution is 0.212. The average Bonchev–Trinajstić information content (AvgIpc) is 3.02. The number of hydrogen-bond acceptors (Lipinski definition) is 1. The first-order valence-corrected chi connectivity index (χ1v) is 15.8. The third-order valence-corrected chi connectivity index (χ3v) is 9.30. The number of hydrogen-bond donors (Lipinski definition) is 0. The number of halogens is 3. The molecule has 0 bridgehead atoms. The van der Waals surface area contributed by atoms with E-state index in [0.717, 1.165) is 55.4 Å². The highest BCUT2D eigenvalue weighted by molar-refractivity contribution is 5.74. The van der Waals surface area contributed by atoms with Gasteiger partial charge in [0.05, 0.1) is 6.61 Å². The minimum Gasteiger partial charge on any atom is -0.490 e. The van der Waals surface area contributed by atoms with Gasteiger partial charge in [0.15, 0.2) is 11.6 Å². The maximum absolute atomic E-state index is 15.3. The first-order valence-electron chi connectivity index (χ1n) is 15.8. The molecular weight excluding hydrogens is 529 g/mol. The fraction of sp³-hybridized carbons (Fsp3) is 0.421. The van der Waals surface area contributed by atoms with Crippen molar-refractivity contribution in [1.29, 1.82) is 0 Å². The molecule has 5 rings (SSSR count). The van der Waals surface area contributed by atoms with Crippen molar-refractivity contribution in [3.63, 3.8) is 0 Å². The zero-order chi connectivity index (χ0) is 29.5. The monoisotopic (exact) mass is 572 g/mol. The molecule has 3 aromatic rings. The Morgan fingerprint density at radius 3 is 2.10 bits per heavy atom. The zero-order valence-corrected chi connectivity index (χ0v) is 25.0. The predicted octanol–water partition coefficient (Wildman–Crippen LogP) is 11.6. The van der Waals surface area contributed by atoms with Crippen molar-refractivity contribution in [1.82, 2.24) is 0 Å². The highest BCUT2D eigenvalue weighted by Crippen LogP contribution is 2.42. The van der Waals surface area contributed by atoms with Gasteiger partial charge in [-0.2, -0.15) is 4.39 Å². The molecule has 42 heavy (non-hydrogen) atoms. The van der Waals surface area contributed by atoms with E-state index in [1.165, 1.54) is 49.8 Å². The Morgan fingerprint density at radius 2 is 1.45 bits per heavy atom. The average molecular weight is 573 g/mol. The lowest BCUT2D eigenvalue weighted by Gasteiger charge is -2.34. The molecule has 0 amide bonds. The molecule has 1 saturated carbocycles. The Hall–Kier alpha value is -3.27. The van der Waals surface area contributed by atoms with Gasteiger partial charge in [0.25, 0.3) is 0 Å². The summed E-state index contributed by atoms with van der Waals surface area (Å²) in [5, 5.41) is 0. The van der Waals surface area contributed by atoms with Crippen molar-refractivity contribution in [2.75, 3.05) is 6.61 Å². The second kappa shape index (κ2) is 14.3. The van der Waals surface area contributed by atoms with Gasteiger partial charge in [-0.1, -0.05) is 74.4 Å². The first kappa shape index (κ1) is 30.2. The van der Waals surface area contributed by atoms with Crippen LogP contribution in [0, 0.1) is 35.2 Å². The van der Waals surface area contributed by atoms with Gasteiger partial charge >= 0.3 is 0 Å². The quantitative estimate of drug-likeness (QED) is 0.173. The molecule has 1 unspecified atom stereocenters. The summed E-state index contributed by atoms with van der Waals surface area (Å²) in [7, 11) is 0. The van der Waals surface area contributed by atoms with Crippen LogP contribution in [0.4, 0.5) is 13.2 Å². The minimum absolute atomic E-state index is 0.0677. The highest BCUT2D eigenvalue weighted by Gasteiger charge is 2.28. The normalized spacial score (nSPS) is 21.0. The Kier molecular flexibility index (Phi) is 10.3. The molecule has 1 fully saturated rings. The van der Waals surface area contributed by atoms with Crippen molar-refractivity contribution in [3.05, 3.63) is 95.8 Å². The van der Waals surface area contributed by atoms with Crippen molar-refractivity contribution in [2.24, 2.45) is 17.8 Å². The fourth-order valence-electron chi connectivity index (χ4n) is 6.80. The third kappa shape index (κ3) is 7.02. The van der Waals surface area contributed by atoms with E-state index < -0.39 is 11.6 Å². The van der Waals surface area contributed by atoms with Crippen LogP contribution in [-0.2, 0) is 0 Å². The van der Waals surface area contributed by atoms with Gasteiger partial charge in [0.1, 0.15) is 5.82 Å². The molecule has 0 spiro atoms. The van der Waals surface area contributed by atoms with Gasteiger partial charge in [0.2, 0.25) is 5.82 Å². The zero-order valence-electron chi connectivity index (χ0n) is 25.0. The maximum Gasteiger partial charge on any atom is 0.201 e. The van der Waals surface area contributed by atoms with Crippen LogP contribution in [0.15, 0.2) is 72.8 Å². The van der Waals surface area contributed by atoms with Crippen LogP contribution >= 0.6 is 0 Å². The molecule has 1 nitrogen and oxygen atoms in total.